The minimum absolute atomic E-state index is 0.315. The van der Waals surface area contributed by atoms with Crippen molar-refractivity contribution in [3.63, 3.8) is 0 Å². The average Bonchev–Trinajstić information content (AvgIpc) is 2.46. The summed E-state index contributed by atoms with van der Waals surface area (Å²) in [7, 11) is 0. The van der Waals surface area contributed by atoms with Crippen LogP contribution in [-0.4, -0.2) is 5.11 Å². The summed E-state index contributed by atoms with van der Waals surface area (Å²) in [6, 6.07) is 20.3. The lowest BCUT2D eigenvalue weighted by Crippen LogP contribution is -1.85. The van der Waals surface area contributed by atoms with Crippen LogP contribution in [0.15, 0.2) is 60.7 Å². The molecule has 0 amide bonds. The fourth-order valence-electron chi connectivity index (χ4n) is 2.49. The summed E-state index contributed by atoms with van der Waals surface area (Å²) in [6.07, 6.45) is 1.02. The molecule has 0 aliphatic rings. The minimum atomic E-state index is 0.315. The first-order chi connectivity index (χ1) is 9.28. The van der Waals surface area contributed by atoms with Crippen molar-refractivity contribution in [3.8, 4) is 16.9 Å². The summed E-state index contributed by atoms with van der Waals surface area (Å²) in [6.45, 7) is 2.15. The summed E-state index contributed by atoms with van der Waals surface area (Å²) >= 11 is 0. The van der Waals surface area contributed by atoms with Crippen LogP contribution in [0, 0.1) is 0 Å². The first kappa shape index (κ1) is 11.8. The van der Waals surface area contributed by atoms with Crippen LogP contribution in [0.25, 0.3) is 21.9 Å². The number of hydrogen-bond donors (Lipinski definition) is 1. The SMILES string of the molecule is CCc1cccc(-c2cc(O)cc3ccccc23)c1. The average molecular weight is 248 g/mol. The van der Waals surface area contributed by atoms with Crippen molar-refractivity contribution >= 4 is 10.8 Å². The van der Waals surface area contributed by atoms with E-state index in [1.807, 2.05) is 30.3 Å². The van der Waals surface area contributed by atoms with Crippen molar-refractivity contribution in [2.45, 2.75) is 13.3 Å². The van der Waals surface area contributed by atoms with Crippen LogP contribution in [0.1, 0.15) is 12.5 Å². The van der Waals surface area contributed by atoms with Crippen molar-refractivity contribution in [1.82, 2.24) is 0 Å². The molecular formula is C18H16O. The van der Waals surface area contributed by atoms with Gasteiger partial charge in [0.25, 0.3) is 0 Å². The Labute approximate surface area is 113 Å². The van der Waals surface area contributed by atoms with Crippen LogP contribution in [0.2, 0.25) is 0 Å². The number of aryl methyl sites for hydroxylation is 1. The molecule has 0 bridgehead atoms. The molecule has 0 aliphatic carbocycles. The van der Waals surface area contributed by atoms with E-state index in [-0.39, 0.29) is 0 Å². The van der Waals surface area contributed by atoms with Gasteiger partial charge in [0.05, 0.1) is 0 Å². The molecule has 0 fully saturated rings. The van der Waals surface area contributed by atoms with E-state index in [4.69, 9.17) is 0 Å². The van der Waals surface area contributed by atoms with Crippen molar-refractivity contribution in [1.29, 1.82) is 0 Å². The van der Waals surface area contributed by atoms with E-state index in [2.05, 4.69) is 37.3 Å². The van der Waals surface area contributed by atoms with Gasteiger partial charge in [-0.15, -0.1) is 0 Å². The van der Waals surface area contributed by atoms with E-state index in [9.17, 15) is 5.11 Å². The highest BCUT2D eigenvalue weighted by molar-refractivity contribution is 5.97. The lowest BCUT2D eigenvalue weighted by Gasteiger charge is -2.09. The zero-order valence-corrected chi connectivity index (χ0v) is 10.9. The largest absolute Gasteiger partial charge is 0.508 e. The van der Waals surface area contributed by atoms with Crippen LogP contribution < -0.4 is 0 Å². The van der Waals surface area contributed by atoms with Gasteiger partial charge in [-0.2, -0.15) is 0 Å². The molecule has 0 atom stereocenters. The summed E-state index contributed by atoms with van der Waals surface area (Å²) < 4.78 is 0. The van der Waals surface area contributed by atoms with Gasteiger partial charge in [-0.25, -0.2) is 0 Å². The second-order valence-corrected chi connectivity index (χ2v) is 4.77. The van der Waals surface area contributed by atoms with Crippen molar-refractivity contribution in [2.24, 2.45) is 0 Å². The van der Waals surface area contributed by atoms with Gasteiger partial charge in [-0.05, 0) is 46.0 Å². The Kier molecular flexibility index (Phi) is 2.96. The summed E-state index contributed by atoms with van der Waals surface area (Å²) in [5.41, 5.74) is 3.56. The van der Waals surface area contributed by atoms with Gasteiger partial charge in [-0.1, -0.05) is 55.5 Å². The van der Waals surface area contributed by atoms with Gasteiger partial charge < -0.3 is 5.11 Å². The Morgan fingerprint density at radius 1 is 0.895 bits per heavy atom. The second kappa shape index (κ2) is 4.77. The molecule has 1 heteroatoms. The van der Waals surface area contributed by atoms with Crippen LogP contribution in [0.5, 0.6) is 5.75 Å². The smallest absolute Gasteiger partial charge is 0.116 e. The molecule has 3 aromatic rings. The number of phenolic OH excluding ortho intramolecular Hbond substituents is 1. The Bertz CT molecular complexity index is 729. The molecule has 0 unspecified atom stereocenters. The molecule has 3 rings (SSSR count). The third-order valence-corrected chi connectivity index (χ3v) is 3.49. The molecule has 0 saturated carbocycles. The number of phenols is 1. The van der Waals surface area contributed by atoms with E-state index >= 15 is 0 Å². The molecule has 0 heterocycles. The molecular weight excluding hydrogens is 232 g/mol. The third kappa shape index (κ3) is 2.19. The number of benzene rings is 3. The quantitative estimate of drug-likeness (QED) is 0.692. The Morgan fingerprint density at radius 2 is 1.74 bits per heavy atom. The Morgan fingerprint density at radius 3 is 2.58 bits per heavy atom. The zero-order chi connectivity index (χ0) is 13.2. The summed E-state index contributed by atoms with van der Waals surface area (Å²) in [5, 5.41) is 12.1. The van der Waals surface area contributed by atoms with Crippen LogP contribution in [-0.2, 0) is 6.42 Å². The standard InChI is InChI=1S/C18H16O/c1-2-13-6-5-8-14(10-13)18-12-16(19)11-15-7-3-4-9-17(15)18/h3-12,19H,2H2,1H3. The van der Waals surface area contributed by atoms with Gasteiger partial charge in [0, 0.05) is 0 Å². The molecule has 94 valence electrons. The van der Waals surface area contributed by atoms with Gasteiger partial charge in [0.15, 0.2) is 0 Å². The first-order valence-corrected chi connectivity index (χ1v) is 6.59. The maximum absolute atomic E-state index is 9.90. The molecule has 19 heavy (non-hydrogen) atoms. The maximum atomic E-state index is 9.90. The first-order valence-electron chi connectivity index (χ1n) is 6.59. The predicted octanol–water partition coefficient (Wildman–Crippen LogP) is 4.77. The number of aromatic hydroxyl groups is 1. The highest BCUT2D eigenvalue weighted by Crippen LogP contribution is 2.32. The van der Waals surface area contributed by atoms with Gasteiger partial charge in [0.2, 0.25) is 0 Å². The lowest BCUT2D eigenvalue weighted by molar-refractivity contribution is 0.476. The van der Waals surface area contributed by atoms with Crippen molar-refractivity contribution in [2.75, 3.05) is 0 Å². The summed E-state index contributed by atoms with van der Waals surface area (Å²) in [4.78, 5) is 0. The molecule has 1 N–H and O–H groups in total. The van der Waals surface area contributed by atoms with Crippen LogP contribution in [0.4, 0.5) is 0 Å². The molecule has 0 radical (unpaired) electrons. The Hall–Kier alpha value is -2.28. The van der Waals surface area contributed by atoms with Gasteiger partial charge in [-0.3, -0.25) is 0 Å². The van der Waals surface area contributed by atoms with E-state index in [1.165, 1.54) is 10.9 Å². The highest BCUT2D eigenvalue weighted by Gasteiger charge is 2.06. The highest BCUT2D eigenvalue weighted by atomic mass is 16.3. The molecule has 1 nitrogen and oxygen atoms in total. The molecule has 3 aromatic carbocycles. The molecule has 0 spiro atoms. The molecule has 0 aliphatic heterocycles. The Balaban J connectivity index is 2.29. The van der Waals surface area contributed by atoms with Crippen molar-refractivity contribution in [3.05, 3.63) is 66.2 Å². The topological polar surface area (TPSA) is 20.2 Å². The third-order valence-electron chi connectivity index (χ3n) is 3.49. The second-order valence-electron chi connectivity index (χ2n) is 4.77. The van der Waals surface area contributed by atoms with Gasteiger partial charge >= 0.3 is 0 Å². The zero-order valence-electron chi connectivity index (χ0n) is 10.9. The van der Waals surface area contributed by atoms with E-state index < -0.39 is 0 Å². The fourth-order valence-corrected chi connectivity index (χ4v) is 2.49. The monoisotopic (exact) mass is 248 g/mol. The number of hydrogen-bond acceptors (Lipinski definition) is 1. The lowest BCUT2D eigenvalue weighted by atomic mass is 9.96. The predicted molar refractivity (Wildman–Crippen MR) is 80.4 cm³/mol. The fraction of sp³-hybridized carbons (Fsp3) is 0.111. The van der Waals surface area contributed by atoms with E-state index in [0.29, 0.717) is 5.75 Å². The molecule has 0 aromatic heterocycles. The molecule has 0 saturated heterocycles. The van der Waals surface area contributed by atoms with Gasteiger partial charge in [0.1, 0.15) is 5.75 Å². The van der Waals surface area contributed by atoms with Crippen LogP contribution in [0.3, 0.4) is 0 Å². The van der Waals surface area contributed by atoms with E-state index in [0.717, 1.165) is 22.9 Å². The van der Waals surface area contributed by atoms with Crippen LogP contribution >= 0.6 is 0 Å². The van der Waals surface area contributed by atoms with E-state index in [1.54, 1.807) is 0 Å². The van der Waals surface area contributed by atoms with Crippen molar-refractivity contribution < 1.29 is 5.11 Å². The maximum Gasteiger partial charge on any atom is 0.116 e. The normalized spacial score (nSPS) is 10.8. The number of fused-ring (bicyclic) bond motifs is 1. The number of rotatable bonds is 2. The minimum Gasteiger partial charge on any atom is -0.508 e. The summed E-state index contributed by atoms with van der Waals surface area (Å²) in [5.74, 6) is 0.315.